The van der Waals surface area contributed by atoms with Crippen LogP contribution in [-0.2, 0) is 6.42 Å². The summed E-state index contributed by atoms with van der Waals surface area (Å²) < 4.78 is 5.56. The van der Waals surface area contributed by atoms with Gasteiger partial charge in [-0.05, 0) is 37.1 Å². The molecule has 1 aromatic carbocycles. The lowest BCUT2D eigenvalue weighted by Crippen LogP contribution is -2.05. The van der Waals surface area contributed by atoms with E-state index in [2.05, 4.69) is 6.92 Å². The molecule has 0 radical (unpaired) electrons. The number of aliphatic hydroxyl groups excluding tert-OH is 1. The molecule has 2 atom stereocenters. The molecule has 13 heavy (non-hydrogen) atoms. The summed E-state index contributed by atoms with van der Waals surface area (Å²) >= 11 is 0. The van der Waals surface area contributed by atoms with Crippen LogP contribution in [0.5, 0.6) is 5.75 Å². The molecule has 1 aliphatic heterocycles. The zero-order chi connectivity index (χ0) is 9.42. The monoisotopic (exact) mass is 178 g/mol. The Hall–Kier alpha value is -1.02. The van der Waals surface area contributed by atoms with Crippen LogP contribution in [0.4, 0.5) is 0 Å². The Morgan fingerprint density at radius 3 is 3.00 bits per heavy atom. The number of ether oxygens (including phenoxy) is 1. The van der Waals surface area contributed by atoms with E-state index in [1.54, 1.807) is 6.92 Å². The molecule has 1 aromatic rings. The van der Waals surface area contributed by atoms with E-state index in [9.17, 15) is 5.11 Å². The highest BCUT2D eigenvalue weighted by Crippen LogP contribution is 2.30. The van der Waals surface area contributed by atoms with Gasteiger partial charge in [0, 0.05) is 6.42 Å². The minimum absolute atomic E-state index is 0.277. The Balaban J connectivity index is 2.35. The van der Waals surface area contributed by atoms with Crippen LogP contribution in [0.3, 0.4) is 0 Å². The Bertz CT molecular complexity index is 318. The normalized spacial score (nSPS) is 22.2. The maximum absolute atomic E-state index is 9.38. The molecule has 1 unspecified atom stereocenters. The molecule has 0 saturated carbocycles. The van der Waals surface area contributed by atoms with Gasteiger partial charge in [-0.2, -0.15) is 0 Å². The van der Waals surface area contributed by atoms with E-state index in [0.717, 1.165) is 17.7 Å². The molecule has 0 amide bonds. The standard InChI is InChI=1S/C11H14O2/c1-7-5-10-6-9(8(2)12)3-4-11(10)13-7/h3-4,6-8,12H,5H2,1-2H3/t7?,8-/m1/s1. The summed E-state index contributed by atoms with van der Waals surface area (Å²) in [6.45, 7) is 3.84. The molecule has 0 saturated heterocycles. The van der Waals surface area contributed by atoms with Crippen molar-refractivity contribution in [1.29, 1.82) is 0 Å². The molecule has 2 heteroatoms. The lowest BCUT2D eigenvalue weighted by molar-refractivity contribution is 0.199. The van der Waals surface area contributed by atoms with Gasteiger partial charge in [0.05, 0.1) is 6.10 Å². The second-order valence-corrected chi connectivity index (χ2v) is 3.68. The second kappa shape index (κ2) is 3.04. The number of hydrogen-bond acceptors (Lipinski definition) is 2. The first-order valence-electron chi connectivity index (χ1n) is 4.64. The smallest absolute Gasteiger partial charge is 0.123 e. The van der Waals surface area contributed by atoms with Gasteiger partial charge >= 0.3 is 0 Å². The topological polar surface area (TPSA) is 29.5 Å². The zero-order valence-electron chi connectivity index (χ0n) is 7.95. The highest BCUT2D eigenvalue weighted by molar-refractivity contribution is 5.41. The SMILES string of the molecule is CC1Cc2cc([C@@H](C)O)ccc2O1. The molecule has 2 nitrogen and oxygen atoms in total. The summed E-state index contributed by atoms with van der Waals surface area (Å²) in [6, 6.07) is 5.89. The van der Waals surface area contributed by atoms with Gasteiger partial charge in [0.15, 0.2) is 0 Å². The summed E-state index contributed by atoms with van der Waals surface area (Å²) in [4.78, 5) is 0. The molecule has 1 N–H and O–H groups in total. The number of rotatable bonds is 1. The van der Waals surface area contributed by atoms with Gasteiger partial charge in [0.2, 0.25) is 0 Å². The number of fused-ring (bicyclic) bond motifs is 1. The Morgan fingerprint density at radius 1 is 1.54 bits per heavy atom. The summed E-state index contributed by atoms with van der Waals surface area (Å²) in [7, 11) is 0. The first-order chi connectivity index (χ1) is 6.16. The third-order valence-corrected chi connectivity index (χ3v) is 2.40. The van der Waals surface area contributed by atoms with Crippen LogP contribution < -0.4 is 4.74 Å². The highest BCUT2D eigenvalue weighted by Gasteiger charge is 2.19. The maximum Gasteiger partial charge on any atom is 0.123 e. The van der Waals surface area contributed by atoms with Crippen LogP contribution in [-0.4, -0.2) is 11.2 Å². The van der Waals surface area contributed by atoms with Crippen molar-refractivity contribution in [3.8, 4) is 5.75 Å². The Morgan fingerprint density at radius 2 is 2.31 bits per heavy atom. The summed E-state index contributed by atoms with van der Waals surface area (Å²) in [5.41, 5.74) is 2.18. The van der Waals surface area contributed by atoms with Crippen molar-refractivity contribution in [3.63, 3.8) is 0 Å². The molecule has 70 valence electrons. The molecule has 0 aromatic heterocycles. The highest BCUT2D eigenvalue weighted by atomic mass is 16.5. The predicted octanol–water partition coefficient (Wildman–Crippen LogP) is 2.06. The van der Waals surface area contributed by atoms with E-state index >= 15 is 0 Å². The van der Waals surface area contributed by atoms with Crippen LogP contribution in [0.15, 0.2) is 18.2 Å². The van der Waals surface area contributed by atoms with Gasteiger partial charge < -0.3 is 9.84 Å². The Kier molecular flexibility index (Phi) is 2.00. The predicted molar refractivity (Wildman–Crippen MR) is 50.9 cm³/mol. The fourth-order valence-corrected chi connectivity index (χ4v) is 1.70. The molecular formula is C11H14O2. The molecule has 0 aliphatic carbocycles. The molecule has 0 bridgehead atoms. The second-order valence-electron chi connectivity index (χ2n) is 3.68. The van der Waals surface area contributed by atoms with Gasteiger partial charge in [-0.3, -0.25) is 0 Å². The van der Waals surface area contributed by atoms with E-state index in [0.29, 0.717) is 0 Å². The molecule has 1 heterocycles. The quantitative estimate of drug-likeness (QED) is 0.713. The average molecular weight is 178 g/mol. The van der Waals surface area contributed by atoms with Crippen LogP contribution in [0.2, 0.25) is 0 Å². The number of aliphatic hydroxyl groups is 1. The maximum atomic E-state index is 9.38. The minimum atomic E-state index is -0.388. The van der Waals surface area contributed by atoms with Crippen molar-refractivity contribution < 1.29 is 9.84 Å². The summed E-state index contributed by atoms with van der Waals surface area (Å²) in [5.74, 6) is 0.969. The first kappa shape index (κ1) is 8.57. The minimum Gasteiger partial charge on any atom is -0.490 e. The lowest BCUT2D eigenvalue weighted by atomic mass is 10.0. The molecule has 0 spiro atoms. The summed E-state index contributed by atoms with van der Waals surface area (Å²) in [5, 5.41) is 9.38. The van der Waals surface area contributed by atoms with Crippen molar-refractivity contribution in [3.05, 3.63) is 29.3 Å². The van der Waals surface area contributed by atoms with Crippen molar-refractivity contribution >= 4 is 0 Å². The van der Waals surface area contributed by atoms with Crippen LogP contribution in [0, 0.1) is 0 Å². The van der Waals surface area contributed by atoms with Gasteiger partial charge in [-0.1, -0.05) is 6.07 Å². The van der Waals surface area contributed by atoms with Crippen molar-refractivity contribution in [2.24, 2.45) is 0 Å². The van der Waals surface area contributed by atoms with E-state index < -0.39 is 0 Å². The van der Waals surface area contributed by atoms with Gasteiger partial charge in [-0.15, -0.1) is 0 Å². The van der Waals surface area contributed by atoms with E-state index in [-0.39, 0.29) is 12.2 Å². The molecular weight excluding hydrogens is 164 g/mol. The van der Waals surface area contributed by atoms with Gasteiger partial charge in [0.1, 0.15) is 11.9 Å². The van der Waals surface area contributed by atoms with Crippen LogP contribution in [0.25, 0.3) is 0 Å². The zero-order valence-corrected chi connectivity index (χ0v) is 7.95. The van der Waals surface area contributed by atoms with Crippen molar-refractivity contribution in [2.75, 3.05) is 0 Å². The van der Waals surface area contributed by atoms with E-state index in [1.807, 2.05) is 18.2 Å². The summed E-state index contributed by atoms with van der Waals surface area (Å²) in [6.07, 6.45) is 0.844. The first-order valence-corrected chi connectivity index (χ1v) is 4.64. The fraction of sp³-hybridized carbons (Fsp3) is 0.455. The third kappa shape index (κ3) is 1.54. The molecule has 2 rings (SSSR count). The van der Waals surface area contributed by atoms with E-state index in [1.165, 1.54) is 5.56 Å². The fourth-order valence-electron chi connectivity index (χ4n) is 1.70. The van der Waals surface area contributed by atoms with E-state index in [4.69, 9.17) is 4.74 Å². The molecule has 1 aliphatic rings. The van der Waals surface area contributed by atoms with Crippen LogP contribution in [0.1, 0.15) is 31.1 Å². The number of hydrogen-bond donors (Lipinski definition) is 1. The van der Waals surface area contributed by atoms with Crippen molar-refractivity contribution in [1.82, 2.24) is 0 Å². The Labute approximate surface area is 78.2 Å². The van der Waals surface area contributed by atoms with Gasteiger partial charge in [-0.25, -0.2) is 0 Å². The van der Waals surface area contributed by atoms with Crippen molar-refractivity contribution in [2.45, 2.75) is 32.5 Å². The third-order valence-electron chi connectivity index (χ3n) is 2.40. The lowest BCUT2D eigenvalue weighted by Gasteiger charge is -2.06. The number of benzene rings is 1. The average Bonchev–Trinajstić information content (AvgIpc) is 2.42. The van der Waals surface area contributed by atoms with Gasteiger partial charge in [0.25, 0.3) is 0 Å². The largest absolute Gasteiger partial charge is 0.490 e. The van der Waals surface area contributed by atoms with Crippen LogP contribution >= 0.6 is 0 Å². The molecule has 0 fully saturated rings.